The quantitative estimate of drug-likeness (QED) is 0.492. The lowest BCUT2D eigenvalue weighted by molar-refractivity contribution is 0.0953. The van der Waals surface area contributed by atoms with Gasteiger partial charge >= 0.3 is 0 Å². The van der Waals surface area contributed by atoms with Crippen molar-refractivity contribution < 1.29 is 4.79 Å². The monoisotopic (exact) mass is 426 g/mol. The van der Waals surface area contributed by atoms with Crippen molar-refractivity contribution in [3.8, 4) is 0 Å². The van der Waals surface area contributed by atoms with Crippen LogP contribution in [0.4, 0.5) is 0 Å². The number of hydrogen-bond donors (Lipinski definition) is 1. The topological polar surface area (TPSA) is 75.4 Å². The van der Waals surface area contributed by atoms with Crippen LogP contribution < -0.4 is 5.32 Å². The third kappa shape index (κ3) is 4.53. The Hall–Kier alpha value is -3.58. The molecule has 1 saturated heterocycles. The van der Waals surface area contributed by atoms with E-state index in [9.17, 15) is 4.79 Å². The van der Waals surface area contributed by atoms with Gasteiger partial charge in [-0.15, -0.1) is 10.2 Å². The summed E-state index contributed by atoms with van der Waals surface area (Å²) in [5.41, 5.74) is 3.81. The van der Waals surface area contributed by atoms with Gasteiger partial charge in [-0.3, -0.25) is 19.1 Å². The molecule has 32 heavy (non-hydrogen) atoms. The second-order valence-electron chi connectivity index (χ2n) is 8.28. The average Bonchev–Trinajstić information content (AvgIpc) is 3.46. The van der Waals surface area contributed by atoms with Gasteiger partial charge in [-0.05, 0) is 48.7 Å². The molecule has 4 heterocycles. The van der Waals surface area contributed by atoms with E-state index in [4.69, 9.17) is 0 Å². The van der Waals surface area contributed by atoms with E-state index in [0.29, 0.717) is 18.0 Å². The molecular formula is C25H26N6O. The number of hydrogen-bond acceptors (Lipinski definition) is 5. The highest BCUT2D eigenvalue weighted by atomic mass is 16.1. The van der Waals surface area contributed by atoms with E-state index in [2.05, 4.69) is 49.7 Å². The second kappa shape index (κ2) is 9.28. The first-order chi connectivity index (χ1) is 15.8. The van der Waals surface area contributed by atoms with Gasteiger partial charge in [0.15, 0.2) is 5.65 Å². The lowest BCUT2D eigenvalue weighted by Crippen LogP contribution is -2.26. The minimum atomic E-state index is -0.0902. The van der Waals surface area contributed by atoms with Crippen LogP contribution in [0.1, 0.15) is 39.6 Å². The van der Waals surface area contributed by atoms with Crippen LogP contribution in [0.25, 0.3) is 5.65 Å². The van der Waals surface area contributed by atoms with E-state index in [1.807, 2.05) is 47.1 Å². The molecule has 0 unspecified atom stereocenters. The number of likely N-dealkylation sites (tertiary alicyclic amines) is 1. The van der Waals surface area contributed by atoms with Gasteiger partial charge in [-0.25, -0.2) is 0 Å². The summed E-state index contributed by atoms with van der Waals surface area (Å²) in [6.07, 6.45) is 7.22. The number of amides is 1. The molecule has 162 valence electrons. The van der Waals surface area contributed by atoms with Gasteiger partial charge in [0.1, 0.15) is 5.82 Å². The Labute approximate surface area is 187 Å². The number of nitrogens with zero attached hydrogens (tertiary/aromatic N) is 5. The zero-order valence-corrected chi connectivity index (χ0v) is 17.9. The number of rotatable bonds is 7. The van der Waals surface area contributed by atoms with Gasteiger partial charge in [0.25, 0.3) is 5.91 Å². The Morgan fingerprint density at radius 2 is 1.91 bits per heavy atom. The Balaban J connectivity index is 1.25. The van der Waals surface area contributed by atoms with Crippen LogP contribution in [0, 0.1) is 0 Å². The SMILES string of the molecule is O=C(NCCc1cccnc1)c1ccc2nnc([C@@H]3CCN(Cc4ccccc4)C3)n2c1. The molecule has 3 aromatic heterocycles. The zero-order chi connectivity index (χ0) is 21.8. The zero-order valence-electron chi connectivity index (χ0n) is 17.9. The highest BCUT2D eigenvalue weighted by Gasteiger charge is 2.27. The Kier molecular flexibility index (Phi) is 5.89. The van der Waals surface area contributed by atoms with Crippen LogP contribution >= 0.6 is 0 Å². The molecule has 0 bridgehead atoms. The molecule has 1 aliphatic heterocycles. The van der Waals surface area contributed by atoms with Crippen LogP contribution in [-0.4, -0.2) is 50.0 Å². The minimum absolute atomic E-state index is 0.0902. The maximum absolute atomic E-state index is 12.7. The Bertz CT molecular complexity index is 1190. The summed E-state index contributed by atoms with van der Waals surface area (Å²) < 4.78 is 1.98. The summed E-state index contributed by atoms with van der Waals surface area (Å²) >= 11 is 0. The number of aromatic nitrogens is 4. The molecule has 1 aromatic carbocycles. The molecule has 7 heteroatoms. The first-order valence-corrected chi connectivity index (χ1v) is 11.0. The van der Waals surface area contributed by atoms with Crippen molar-refractivity contribution in [3.05, 3.63) is 95.7 Å². The van der Waals surface area contributed by atoms with Crippen LogP contribution in [0.5, 0.6) is 0 Å². The molecule has 0 saturated carbocycles. The second-order valence-corrected chi connectivity index (χ2v) is 8.28. The van der Waals surface area contributed by atoms with Gasteiger partial charge in [0, 0.05) is 44.1 Å². The summed E-state index contributed by atoms with van der Waals surface area (Å²) in [6.45, 7) is 3.48. The number of pyridine rings is 2. The molecule has 1 atom stereocenters. The Morgan fingerprint density at radius 1 is 1.03 bits per heavy atom. The van der Waals surface area contributed by atoms with E-state index in [-0.39, 0.29) is 5.91 Å². The highest BCUT2D eigenvalue weighted by molar-refractivity contribution is 5.94. The van der Waals surface area contributed by atoms with Gasteiger partial charge in [0.05, 0.1) is 5.56 Å². The maximum Gasteiger partial charge on any atom is 0.252 e. The average molecular weight is 427 g/mol. The van der Waals surface area contributed by atoms with Crippen LogP contribution in [-0.2, 0) is 13.0 Å². The fourth-order valence-corrected chi connectivity index (χ4v) is 4.32. The number of carbonyl (C=O) groups is 1. The van der Waals surface area contributed by atoms with Crippen molar-refractivity contribution in [2.45, 2.75) is 25.3 Å². The summed E-state index contributed by atoms with van der Waals surface area (Å²) in [7, 11) is 0. The van der Waals surface area contributed by atoms with Gasteiger partial charge in [-0.2, -0.15) is 0 Å². The molecule has 1 fully saturated rings. The standard InChI is InChI=1S/C25H26N6O/c32-25(27-13-10-19-7-4-12-26-15-19)22-8-9-23-28-29-24(31(23)18-22)21-11-14-30(17-21)16-20-5-2-1-3-6-20/h1-9,12,15,18,21H,10-11,13-14,16-17H2,(H,27,32)/t21-/m1/s1. The van der Waals surface area contributed by atoms with Gasteiger partial charge in [-0.1, -0.05) is 36.4 Å². The van der Waals surface area contributed by atoms with E-state index < -0.39 is 0 Å². The molecule has 1 amide bonds. The maximum atomic E-state index is 12.7. The van der Waals surface area contributed by atoms with Gasteiger partial charge in [0.2, 0.25) is 0 Å². The molecule has 1 N–H and O–H groups in total. The Morgan fingerprint density at radius 3 is 2.75 bits per heavy atom. The third-order valence-electron chi connectivity index (χ3n) is 6.00. The summed E-state index contributed by atoms with van der Waals surface area (Å²) in [4.78, 5) is 19.3. The van der Waals surface area contributed by atoms with Crippen molar-refractivity contribution in [3.63, 3.8) is 0 Å². The number of nitrogens with one attached hydrogen (secondary N) is 1. The largest absolute Gasteiger partial charge is 0.352 e. The lowest BCUT2D eigenvalue weighted by Gasteiger charge is -2.15. The predicted octanol–water partition coefficient (Wildman–Crippen LogP) is 3.09. The smallest absolute Gasteiger partial charge is 0.252 e. The predicted molar refractivity (Wildman–Crippen MR) is 122 cm³/mol. The summed E-state index contributed by atoms with van der Waals surface area (Å²) in [5, 5.41) is 11.8. The molecular weight excluding hydrogens is 400 g/mol. The van der Waals surface area contributed by atoms with E-state index in [1.54, 1.807) is 6.20 Å². The van der Waals surface area contributed by atoms with Gasteiger partial charge < -0.3 is 5.32 Å². The van der Waals surface area contributed by atoms with Crippen molar-refractivity contribution >= 4 is 11.6 Å². The summed E-state index contributed by atoms with van der Waals surface area (Å²) in [5.74, 6) is 1.14. The van der Waals surface area contributed by atoms with E-state index in [0.717, 1.165) is 49.5 Å². The van der Waals surface area contributed by atoms with Crippen molar-refractivity contribution in [2.24, 2.45) is 0 Å². The number of fused-ring (bicyclic) bond motifs is 1. The molecule has 0 aliphatic carbocycles. The summed E-state index contributed by atoms with van der Waals surface area (Å²) in [6, 6.07) is 18.1. The molecule has 1 aliphatic rings. The van der Waals surface area contributed by atoms with Crippen molar-refractivity contribution in [1.82, 2.24) is 29.8 Å². The molecule has 4 aromatic rings. The van der Waals surface area contributed by atoms with Crippen molar-refractivity contribution in [2.75, 3.05) is 19.6 Å². The lowest BCUT2D eigenvalue weighted by atomic mass is 10.1. The number of carbonyl (C=O) groups excluding carboxylic acids is 1. The molecule has 5 rings (SSSR count). The minimum Gasteiger partial charge on any atom is -0.352 e. The fraction of sp³-hybridized carbons (Fsp3) is 0.280. The van der Waals surface area contributed by atoms with E-state index in [1.165, 1.54) is 5.56 Å². The highest BCUT2D eigenvalue weighted by Crippen LogP contribution is 2.27. The van der Waals surface area contributed by atoms with E-state index >= 15 is 0 Å². The first-order valence-electron chi connectivity index (χ1n) is 11.0. The fourth-order valence-electron chi connectivity index (χ4n) is 4.32. The van der Waals surface area contributed by atoms with Crippen LogP contribution in [0.2, 0.25) is 0 Å². The van der Waals surface area contributed by atoms with Crippen molar-refractivity contribution in [1.29, 1.82) is 0 Å². The third-order valence-corrected chi connectivity index (χ3v) is 6.00. The van der Waals surface area contributed by atoms with Crippen LogP contribution in [0.15, 0.2) is 73.2 Å². The molecule has 0 spiro atoms. The number of benzene rings is 1. The molecule has 0 radical (unpaired) electrons. The normalized spacial score (nSPS) is 16.4. The first kappa shape index (κ1) is 20.3. The molecule has 7 nitrogen and oxygen atoms in total. The van der Waals surface area contributed by atoms with Crippen LogP contribution in [0.3, 0.4) is 0 Å².